The lowest BCUT2D eigenvalue weighted by atomic mass is 10.0. The molecule has 4 nitrogen and oxygen atoms in total. The second-order valence-electron chi connectivity index (χ2n) is 4.77. The third-order valence-electron chi connectivity index (χ3n) is 3.11. The van der Waals surface area contributed by atoms with Crippen molar-refractivity contribution in [2.45, 2.75) is 13.8 Å². The maximum absolute atomic E-state index is 11.8. The molecule has 0 atom stereocenters. The molecule has 0 saturated heterocycles. The molecule has 0 N–H and O–H groups in total. The van der Waals surface area contributed by atoms with Crippen molar-refractivity contribution in [3.8, 4) is 5.75 Å². The van der Waals surface area contributed by atoms with Crippen LogP contribution in [0.1, 0.15) is 23.0 Å². The van der Waals surface area contributed by atoms with E-state index in [0.29, 0.717) is 11.3 Å². The zero-order chi connectivity index (χ0) is 14.2. The molecule has 0 radical (unpaired) electrons. The van der Waals surface area contributed by atoms with Crippen LogP contribution in [0.25, 0.3) is 10.9 Å². The molecule has 2 aromatic rings. The quantitative estimate of drug-likeness (QED) is 0.794. The molecule has 0 saturated carbocycles. The predicted molar refractivity (Wildman–Crippen MR) is 77.4 cm³/mol. The van der Waals surface area contributed by atoms with Crippen molar-refractivity contribution in [2.75, 3.05) is 26.1 Å². The summed E-state index contributed by atoms with van der Waals surface area (Å²) >= 11 is 0. The van der Waals surface area contributed by atoms with E-state index in [-0.39, 0.29) is 5.78 Å². The van der Waals surface area contributed by atoms with Gasteiger partial charge in [0.1, 0.15) is 11.3 Å². The third-order valence-corrected chi connectivity index (χ3v) is 3.11. The Morgan fingerprint density at radius 3 is 2.53 bits per heavy atom. The van der Waals surface area contributed by atoms with Gasteiger partial charge in [0.2, 0.25) is 0 Å². The van der Waals surface area contributed by atoms with Crippen molar-refractivity contribution in [1.29, 1.82) is 0 Å². The van der Waals surface area contributed by atoms with Crippen LogP contribution in [0.2, 0.25) is 0 Å². The maximum Gasteiger partial charge on any atom is 0.160 e. The Balaban J connectivity index is 2.97. The van der Waals surface area contributed by atoms with E-state index in [1.807, 2.05) is 32.0 Å². The zero-order valence-corrected chi connectivity index (χ0v) is 11.9. The van der Waals surface area contributed by atoms with Crippen molar-refractivity contribution < 1.29 is 9.53 Å². The van der Waals surface area contributed by atoms with Gasteiger partial charge < -0.3 is 9.64 Å². The number of carbonyl (C=O) groups is 1. The highest BCUT2D eigenvalue weighted by atomic mass is 16.5. The number of pyridine rings is 1. The molecule has 4 heteroatoms. The SMILES string of the molecule is COc1ccc(C(C)=O)c2c(N(C)C)cc(C)nc12. The van der Waals surface area contributed by atoms with Crippen LogP contribution < -0.4 is 9.64 Å². The number of hydrogen-bond donors (Lipinski definition) is 0. The summed E-state index contributed by atoms with van der Waals surface area (Å²) in [6.07, 6.45) is 0. The molecule has 0 aliphatic carbocycles. The molecule has 100 valence electrons. The standard InChI is InChI=1S/C15H18N2O2/c1-9-8-12(17(3)4)14-11(10(2)18)6-7-13(19-5)15(14)16-9/h6-8H,1-5H3. The number of Topliss-reactive ketones (excluding diaryl/α,β-unsaturated/α-hetero) is 1. The van der Waals surface area contributed by atoms with Gasteiger partial charge >= 0.3 is 0 Å². The van der Waals surface area contributed by atoms with Gasteiger partial charge in [-0.25, -0.2) is 4.98 Å². The Hall–Kier alpha value is -2.10. The summed E-state index contributed by atoms with van der Waals surface area (Å²) in [7, 11) is 5.52. The summed E-state index contributed by atoms with van der Waals surface area (Å²) in [6.45, 7) is 3.51. The van der Waals surface area contributed by atoms with Gasteiger partial charge in [0.05, 0.1) is 7.11 Å². The number of benzene rings is 1. The van der Waals surface area contributed by atoms with Crippen molar-refractivity contribution in [2.24, 2.45) is 0 Å². The predicted octanol–water partition coefficient (Wildman–Crippen LogP) is 2.82. The highest BCUT2D eigenvalue weighted by Crippen LogP contribution is 2.34. The highest BCUT2D eigenvalue weighted by Gasteiger charge is 2.16. The minimum absolute atomic E-state index is 0.0291. The van der Waals surface area contributed by atoms with Gasteiger partial charge in [0.15, 0.2) is 5.78 Å². The zero-order valence-electron chi connectivity index (χ0n) is 11.9. The number of ether oxygens (including phenoxy) is 1. The molecule has 1 aromatic heterocycles. The Morgan fingerprint density at radius 1 is 1.32 bits per heavy atom. The summed E-state index contributed by atoms with van der Waals surface area (Å²) in [6, 6.07) is 5.58. The number of anilines is 1. The average molecular weight is 258 g/mol. The van der Waals surface area contributed by atoms with Gasteiger partial charge in [0, 0.05) is 36.4 Å². The van der Waals surface area contributed by atoms with E-state index in [9.17, 15) is 4.79 Å². The summed E-state index contributed by atoms with van der Waals surface area (Å²) in [5.41, 5.74) is 3.28. The van der Waals surface area contributed by atoms with Crippen molar-refractivity contribution in [3.63, 3.8) is 0 Å². The van der Waals surface area contributed by atoms with Gasteiger partial charge in [0.25, 0.3) is 0 Å². The Kier molecular flexibility index (Phi) is 3.42. The van der Waals surface area contributed by atoms with Gasteiger partial charge in [-0.2, -0.15) is 0 Å². The lowest BCUT2D eigenvalue weighted by Gasteiger charge is -2.19. The minimum atomic E-state index is 0.0291. The number of carbonyl (C=O) groups excluding carboxylic acids is 1. The van der Waals surface area contributed by atoms with E-state index in [4.69, 9.17) is 4.74 Å². The van der Waals surface area contributed by atoms with Crippen molar-refractivity contribution in [3.05, 3.63) is 29.5 Å². The van der Waals surface area contributed by atoms with Crippen molar-refractivity contribution in [1.82, 2.24) is 4.98 Å². The van der Waals surface area contributed by atoms with Crippen LogP contribution in [0.5, 0.6) is 5.75 Å². The first-order chi connectivity index (χ1) is 8.95. The second-order valence-corrected chi connectivity index (χ2v) is 4.77. The number of methoxy groups -OCH3 is 1. The number of aromatic nitrogens is 1. The molecule has 0 spiro atoms. The number of fused-ring (bicyclic) bond motifs is 1. The molecule has 1 aromatic carbocycles. The number of nitrogens with zero attached hydrogens (tertiary/aromatic N) is 2. The van der Waals surface area contributed by atoms with Crippen LogP contribution in [0.15, 0.2) is 18.2 Å². The first kappa shape index (κ1) is 13.3. The molecular formula is C15H18N2O2. The van der Waals surface area contributed by atoms with Crippen molar-refractivity contribution >= 4 is 22.4 Å². The summed E-state index contributed by atoms with van der Waals surface area (Å²) in [4.78, 5) is 18.3. The Labute approximate surface area is 113 Å². The number of hydrogen-bond acceptors (Lipinski definition) is 4. The van der Waals surface area contributed by atoms with E-state index in [2.05, 4.69) is 4.98 Å². The van der Waals surface area contributed by atoms with Gasteiger partial charge in [-0.15, -0.1) is 0 Å². The first-order valence-electron chi connectivity index (χ1n) is 6.12. The first-order valence-corrected chi connectivity index (χ1v) is 6.12. The van der Waals surface area contributed by atoms with E-state index >= 15 is 0 Å². The van der Waals surface area contributed by atoms with Crippen LogP contribution in [-0.4, -0.2) is 32.0 Å². The number of rotatable bonds is 3. The van der Waals surface area contributed by atoms with E-state index < -0.39 is 0 Å². The molecule has 0 aliphatic heterocycles. The van der Waals surface area contributed by atoms with Crippen LogP contribution >= 0.6 is 0 Å². The average Bonchev–Trinajstić information content (AvgIpc) is 2.35. The summed E-state index contributed by atoms with van der Waals surface area (Å²) in [5.74, 6) is 0.716. The number of aryl methyl sites for hydroxylation is 1. The lowest BCUT2D eigenvalue weighted by Crippen LogP contribution is -2.12. The molecule has 0 bridgehead atoms. The highest BCUT2D eigenvalue weighted by molar-refractivity contribution is 6.12. The van der Waals surface area contributed by atoms with Gasteiger partial charge in [-0.1, -0.05) is 0 Å². The van der Waals surface area contributed by atoms with Gasteiger partial charge in [-0.3, -0.25) is 4.79 Å². The maximum atomic E-state index is 11.8. The summed E-state index contributed by atoms with van der Waals surface area (Å²) < 4.78 is 5.36. The molecule has 0 aliphatic rings. The number of ketones is 1. The minimum Gasteiger partial charge on any atom is -0.494 e. The third kappa shape index (κ3) is 2.26. The van der Waals surface area contributed by atoms with Crippen LogP contribution in [-0.2, 0) is 0 Å². The lowest BCUT2D eigenvalue weighted by molar-refractivity contribution is 0.101. The van der Waals surface area contributed by atoms with Crippen LogP contribution in [0.4, 0.5) is 5.69 Å². The van der Waals surface area contributed by atoms with Crippen LogP contribution in [0.3, 0.4) is 0 Å². The largest absolute Gasteiger partial charge is 0.494 e. The Bertz CT molecular complexity index is 648. The molecule has 0 amide bonds. The molecule has 2 rings (SSSR count). The second kappa shape index (κ2) is 4.88. The monoisotopic (exact) mass is 258 g/mol. The van der Waals surface area contributed by atoms with E-state index in [0.717, 1.165) is 22.3 Å². The molecule has 0 fully saturated rings. The normalized spacial score (nSPS) is 10.6. The smallest absolute Gasteiger partial charge is 0.160 e. The molecule has 1 heterocycles. The van der Waals surface area contributed by atoms with Crippen LogP contribution in [0, 0.1) is 6.92 Å². The fourth-order valence-corrected chi connectivity index (χ4v) is 2.23. The topological polar surface area (TPSA) is 42.4 Å². The fraction of sp³-hybridized carbons (Fsp3) is 0.333. The summed E-state index contributed by atoms with van der Waals surface area (Å²) in [5, 5.41) is 0.849. The van der Waals surface area contributed by atoms with E-state index in [1.165, 1.54) is 0 Å². The molecule has 0 unspecified atom stereocenters. The van der Waals surface area contributed by atoms with Gasteiger partial charge in [-0.05, 0) is 32.0 Å². The molecule has 19 heavy (non-hydrogen) atoms. The van der Waals surface area contributed by atoms with E-state index in [1.54, 1.807) is 26.2 Å². The fourth-order valence-electron chi connectivity index (χ4n) is 2.23. The molecular weight excluding hydrogens is 240 g/mol. The Morgan fingerprint density at radius 2 is 2.00 bits per heavy atom.